The minimum absolute atomic E-state index is 0.0887. The zero-order valence-electron chi connectivity index (χ0n) is 16.8. The van der Waals surface area contributed by atoms with Crippen LogP contribution in [0.1, 0.15) is 30.7 Å². The van der Waals surface area contributed by atoms with Gasteiger partial charge in [-0.1, -0.05) is 0 Å². The van der Waals surface area contributed by atoms with Crippen LogP contribution in [0.25, 0.3) is 23.4 Å². The van der Waals surface area contributed by atoms with Gasteiger partial charge >= 0.3 is 0 Å². The van der Waals surface area contributed by atoms with E-state index in [0.29, 0.717) is 24.5 Å². The lowest BCUT2D eigenvalue weighted by Crippen LogP contribution is -2.04. The molecule has 0 saturated carbocycles. The number of hydrogen-bond acceptors (Lipinski definition) is 6. The van der Waals surface area contributed by atoms with Crippen molar-refractivity contribution < 1.29 is 9.84 Å². The number of aryl methyl sites for hydroxylation is 1. The van der Waals surface area contributed by atoms with Gasteiger partial charge in [0.2, 0.25) is 0 Å². The highest BCUT2D eigenvalue weighted by molar-refractivity contribution is 5.66. The second-order valence-corrected chi connectivity index (χ2v) is 7.15. The molecule has 0 aliphatic heterocycles. The van der Waals surface area contributed by atoms with E-state index in [0.717, 1.165) is 28.3 Å². The van der Waals surface area contributed by atoms with Gasteiger partial charge in [0.05, 0.1) is 18.0 Å². The molecule has 1 N–H and O–H groups in total. The molecule has 0 radical (unpaired) electrons. The van der Waals surface area contributed by atoms with Gasteiger partial charge in [-0.05, 0) is 50.5 Å². The third-order valence-corrected chi connectivity index (χ3v) is 4.58. The number of aliphatic hydroxyl groups excluding tert-OH is 1. The van der Waals surface area contributed by atoms with Crippen LogP contribution in [0, 0.1) is 0 Å². The van der Waals surface area contributed by atoms with Crippen molar-refractivity contribution in [1.29, 1.82) is 0 Å². The second-order valence-electron chi connectivity index (χ2n) is 7.15. The third kappa shape index (κ3) is 3.97. The first kappa shape index (κ1) is 19.1. The van der Waals surface area contributed by atoms with E-state index < -0.39 is 0 Å². The highest BCUT2D eigenvalue weighted by Gasteiger charge is 2.20. The Balaban J connectivity index is 1.69. The average molecular weight is 392 g/mol. The van der Waals surface area contributed by atoms with Crippen LogP contribution in [0.5, 0.6) is 0 Å². The Morgan fingerprint density at radius 1 is 1.28 bits per heavy atom. The largest absolute Gasteiger partial charge is 0.491 e. The van der Waals surface area contributed by atoms with Crippen molar-refractivity contribution in [2.75, 3.05) is 6.61 Å². The molecule has 0 aromatic carbocycles. The zero-order valence-corrected chi connectivity index (χ0v) is 16.8. The number of aromatic nitrogens is 6. The molecule has 3 aromatic heterocycles. The van der Waals surface area contributed by atoms with Gasteiger partial charge in [-0.15, -0.1) is 0 Å². The standard InChI is InChI=1S/C21H24N6O2/c1-14(2)29-16-4-6-17-18(7-5-16)25-26(3)20(17)21-22-10-8-19(24-21)27-13-15(9-11-28)12-23-27/h4-5,7-8,10,12-14,28H,6,9,11H2,1-3H3. The highest BCUT2D eigenvalue weighted by Crippen LogP contribution is 2.28. The van der Waals surface area contributed by atoms with Crippen LogP contribution < -0.4 is 0 Å². The van der Waals surface area contributed by atoms with Crippen molar-refractivity contribution in [3.05, 3.63) is 59.4 Å². The summed E-state index contributed by atoms with van der Waals surface area (Å²) < 4.78 is 9.34. The molecular formula is C21H24N6O2. The molecular weight excluding hydrogens is 368 g/mol. The Bertz CT molecular complexity index is 1080. The molecule has 0 amide bonds. The van der Waals surface area contributed by atoms with Crippen molar-refractivity contribution >= 4 is 6.08 Å². The van der Waals surface area contributed by atoms with Gasteiger partial charge < -0.3 is 9.84 Å². The van der Waals surface area contributed by atoms with Crippen LogP contribution >= 0.6 is 0 Å². The maximum absolute atomic E-state index is 9.11. The molecule has 3 aromatic rings. The predicted octanol–water partition coefficient (Wildman–Crippen LogP) is 2.48. The first-order valence-corrected chi connectivity index (χ1v) is 9.64. The van der Waals surface area contributed by atoms with Gasteiger partial charge in [-0.3, -0.25) is 4.68 Å². The van der Waals surface area contributed by atoms with Gasteiger partial charge in [-0.25, -0.2) is 14.6 Å². The maximum Gasteiger partial charge on any atom is 0.180 e. The van der Waals surface area contributed by atoms with Crippen LogP contribution in [-0.2, 0) is 24.6 Å². The third-order valence-electron chi connectivity index (χ3n) is 4.58. The quantitative estimate of drug-likeness (QED) is 0.693. The summed E-state index contributed by atoms with van der Waals surface area (Å²) in [5, 5.41) is 18.1. The summed E-state index contributed by atoms with van der Waals surface area (Å²) in [6, 6.07) is 1.81. The molecule has 150 valence electrons. The van der Waals surface area contributed by atoms with Crippen molar-refractivity contribution in [3.63, 3.8) is 0 Å². The van der Waals surface area contributed by atoms with Crippen molar-refractivity contribution in [2.45, 2.75) is 32.8 Å². The van der Waals surface area contributed by atoms with Gasteiger partial charge in [0.15, 0.2) is 11.6 Å². The summed E-state index contributed by atoms with van der Waals surface area (Å²) in [5.74, 6) is 2.10. The summed E-state index contributed by atoms with van der Waals surface area (Å²) >= 11 is 0. The fraction of sp³-hybridized carbons (Fsp3) is 0.333. The van der Waals surface area contributed by atoms with E-state index in [-0.39, 0.29) is 12.7 Å². The van der Waals surface area contributed by atoms with E-state index in [1.165, 1.54) is 0 Å². The molecule has 1 aliphatic rings. The molecule has 3 heterocycles. The van der Waals surface area contributed by atoms with Crippen molar-refractivity contribution in [2.24, 2.45) is 7.05 Å². The molecule has 8 nitrogen and oxygen atoms in total. The molecule has 4 rings (SSSR count). The summed E-state index contributed by atoms with van der Waals surface area (Å²) in [5.41, 5.74) is 3.77. The fourth-order valence-electron chi connectivity index (χ4n) is 3.33. The van der Waals surface area contributed by atoms with Crippen LogP contribution in [-0.4, -0.2) is 47.3 Å². The molecule has 29 heavy (non-hydrogen) atoms. The summed E-state index contributed by atoms with van der Waals surface area (Å²) in [6.45, 7) is 4.11. The lowest BCUT2D eigenvalue weighted by atomic mass is 10.1. The molecule has 0 atom stereocenters. The Labute approximate surface area is 169 Å². The summed E-state index contributed by atoms with van der Waals surface area (Å²) in [7, 11) is 1.90. The Morgan fingerprint density at radius 3 is 2.93 bits per heavy atom. The second kappa shape index (κ2) is 8.00. The molecule has 1 aliphatic carbocycles. The zero-order chi connectivity index (χ0) is 20.4. The Hall–Kier alpha value is -3.26. The molecule has 0 saturated heterocycles. The summed E-state index contributed by atoms with van der Waals surface area (Å²) in [6.07, 6.45) is 12.7. The van der Waals surface area contributed by atoms with Crippen molar-refractivity contribution in [3.8, 4) is 17.3 Å². The minimum atomic E-state index is 0.0887. The van der Waals surface area contributed by atoms with Gasteiger partial charge in [0, 0.05) is 37.7 Å². The van der Waals surface area contributed by atoms with E-state index in [1.54, 1.807) is 17.1 Å². The normalized spacial score (nSPS) is 13.3. The monoisotopic (exact) mass is 392 g/mol. The first-order chi connectivity index (χ1) is 14.0. The van der Waals surface area contributed by atoms with Crippen LogP contribution in [0.2, 0.25) is 0 Å². The van der Waals surface area contributed by atoms with Crippen LogP contribution in [0.4, 0.5) is 0 Å². The van der Waals surface area contributed by atoms with E-state index in [1.807, 2.05) is 50.0 Å². The van der Waals surface area contributed by atoms with E-state index >= 15 is 0 Å². The molecule has 8 heteroatoms. The Morgan fingerprint density at radius 2 is 2.14 bits per heavy atom. The molecule has 0 spiro atoms. The number of rotatable bonds is 6. The van der Waals surface area contributed by atoms with E-state index in [4.69, 9.17) is 14.8 Å². The highest BCUT2D eigenvalue weighted by atomic mass is 16.5. The van der Waals surface area contributed by atoms with E-state index in [9.17, 15) is 0 Å². The number of allylic oxidation sites excluding steroid dienone is 2. The topological polar surface area (TPSA) is 90.9 Å². The van der Waals surface area contributed by atoms with E-state index in [2.05, 4.69) is 21.3 Å². The average Bonchev–Trinajstić information content (AvgIpc) is 3.23. The lowest BCUT2D eigenvalue weighted by Gasteiger charge is -2.10. The van der Waals surface area contributed by atoms with Crippen LogP contribution in [0.3, 0.4) is 0 Å². The molecule has 0 fully saturated rings. The summed E-state index contributed by atoms with van der Waals surface area (Å²) in [4.78, 5) is 9.20. The van der Waals surface area contributed by atoms with Crippen LogP contribution in [0.15, 0.2) is 42.6 Å². The SMILES string of the molecule is CC(C)OC1=CCc2c(nn(C)c2-c2nccc(-n3cc(CCO)cn3)n2)C=C1. The number of nitrogens with zero attached hydrogens (tertiary/aromatic N) is 6. The number of ether oxygens (including phenoxy) is 1. The lowest BCUT2D eigenvalue weighted by molar-refractivity contribution is 0.157. The first-order valence-electron chi connectivity index (χ1n) is 9.64. The predicted molar refractivity (Wildman–Crippen MR) is 109 cm³/mol. The Kier molecular flexibility index (Phi) is 5.26. The minimum Gasteiger partial charge on any atom is -0.491 e. The number of fused-ring (bicyclic) bond motifs is 1. The van der Waals surface area contributed by atoms with Gasteiger partial charge in [0.1, 0.15) is 11.5 Å². The number of hydrogen-bond donors (Lipinski definition) is 1. The molecule has 0 bridgehead atoms. The maximum atomic E-state index is 9.11. The van der Waals surface area contributed by atoms with Gasteiger partial charge in [-0.2, -0.15) is 10.2 Å². The molecule has 0 unspecified atom stereocenters. The number of aliphatic hydroxyl groups is 1. The fourth-order valence-corrected chi connectivity index (χ4v) is 3.33. The van der Waals surface area contributed by atoms with Gasteiger partial charge in [0.25, 0.3) is 0 Å². The smallest absolute Gasteiger partial charge is 0.180 e. The van der Waals surface area contributed by atoms with Crippen molar-refractivity contribution in [1.82, 2.24) is 29.5 Å².